The molecule has 5 aromatic rings. The van der Waals surface area contributed by atoms with Gasteiger partial charge >= 0.3 is 0 Å². The van der Waals surface area contributed by atoms with Gasteiger partial charge in [-0.1, -0.05) is 60.2 Å². The molecule has 0 aliphatic rings. The number of hydrogen-bond acceptors (Lipinski definition) is 2. The van der Waals surface area contributed by atoms with E-state index in [0.717, 1.165) is 39.1 Å². The Kier molecular flexibility index (Phi) is 3.32. The highest BCUT2D eigenvalue weighted by molar-refractivity contribution is 5.90. The van der Waals surface area contributed by atoms with Gasteiger partial charge in [0.15, 0.2) is 5.65 Å². The predicted octanol–water partition coefficient (Wildman–Crippen LogP) is 5.55. The molecule has 0 bridgehead atoms. The monoisotopic (exact) mass is 335 g/mol. The second-order valence-corrected chi connectivity index (χ2v) is 6.49. The van der Waals surface area contributed by atoms with Crippen LogP contribution in [0.15, 0.2) is 84.9 Å². The van der Waals surface area contributed by atoms with Gasteiger partial charge in [-0.25, -0.2) is 9.97 Å². The third-order valence-electron chi connectivity index (χ3n) is 4.67. The molecule has 26 heavy (non-hydrogen) atoms. The predicted molar refractivity (Wildman–Crippen MR) is 107 cm³/mol. The Morgan fingerprint density at radius 3 is 2.04 bits per heavy atom. The van der Waals surface area contributed by atoms with Crippen LogP contribution in [0.1, 0.15) is 5.56 Å². The number of hydrogen-bond donors (Lipinski definition) is 0. The zero-order valence-electron chi connectivity index (χ0n) is 14.4. The largest absolute Gasteiger partial charge is 0.293 e. The summed E-state index contributed by atoms with van der Waals surface area (Å²) in [5.41, 5.74) is 8.20. The van der Waals surface area contributed by atoms with Crippen LogP contribution in [-0.4, -0.2) is 14.5 Å². The molecule has 0 aliphatic carbocycles. The van der Waals surface area contributed by atoms with Gasteiger partial charge in [0.2, 0.25) is 0 Å². The second-order valence-electron chi connectivity index (χ2n) is 6.49. The molecule has 0 N–H and O–H groups in total. The number of para-hydroxylation sites is 3. The Labute approximate surface area is 151 Å². The maximum atomic E-state index is 4.92. The minimum Gasteiger partial charge on any atom is -0.293 e. The molecule has 3 aromatic carbocycles. The average molecular weight is 335 g/mol. The standard InChI is InChI=1S/C23H17N3/c1-16-11-13-17(14-12-16)22-15-21-23(26(22)18-7-3-2-4-8-18)25-20-10-6-5-9-19(20)24-21/h2-15H,1H3. The number of benzene rings is 3. The first-order valence-corrected chi connectivity index (χ1v) is 8.70. The van der Waals surface area contributed by atoms with Crippen LogP contribution in [0.25, 0.3) is 39.1 Å². The molecule has 0 spiro atoms. The summed E-state index contributed by atoms with van der Waals surface area (Å²) in [5.74, 6) is 0. The lowest BCUT2D eigenvalue weighted by Crippen LogP contribution is -1.98. The Morgan fingerprint density at radius 1 is 0.654 bits per heavy atom. The van der Waals surface area contributed by atoms with E-state index in [-0.39, 0.29) is 0 Å². The number of aromatic nitrogens is 3. The molecule has 0 amide bonds. The summed E-state index contributed by atoms with van der Waals surface area (Å²) in [6, 6.07) is 29.1. The summed E-state index contributed by atoms with van der Waals surface area (Å²) in [6.45, 7) is 2.10. The van der Waals surface area contributed by atoms with E-state index in [1.165, 1.54) is 5.56 Å². The summed E-state index contributed by atoms with van der Waals surface area (Å²) in [6.07, 6.45) is 0. The van der Waals surface area contributed by atoms with Crippen LogP contribution in [0.3, 0.4) is 0 Å². The number of rotatable bonds is 2. The highest BCUT2D eigenvalue weighted by Crippen LogP contribution is 2.31. The van der Waals surface area contributed by atoms with Crippen molar-refractivity contribution in [2.24, 2.45) is 0 Å². The van der Waals surface area contributed by atoms with Gasteiger partial charge in [0.05, 0.1) is 16.7 Å². The minimum absolute atomic E-state index is 0.880. The third kappa shape index (κ3) is 2.37. The van der Waals surface area contributed by atoms with Gasteiger partial charge in [0.1, 0.15) is 5.52 Å². The fourth-order valence-electron chi connectivity index (χ4n) is 3.35. The zero-order chi connectivity index (χ0) is 17.5. The van der Waals surface area contributed by atoms with Crippen LogP contribution in [-0.2, 0) is 0 Å². The third-order valence-corrected chi connectivity index (χ3v) is 4.67. The van der Waals surface area contributed by atoms with Crippen molar-refractivity contribution in [2.45, 2.75) is 6.92 Å². The van der Waals surface area contributed by atoms with Crippen molar-refractivity contribution in [3.05, 3.63) is 90.5 Å². The molecule has 0 unspecified atom stereocenters. The van der Waals surface area contributed by atoms with Gasteiger partial charge in [-0.15, -0.1) is 0 Å². The lowest BCUT2D eigenvalue weighted by atomic mass is 10.1. The SMILES string of the molecule is Cc1ccc(-c2cc3nc4ccccc4nc3n2-c2ccccc2)cc1. The second kappa shape index (κ2) is 5.81. The zero-order valence-corrected chi connectivity index (χ0v) is 14.4. The molecule has 2 heterocycles. The molecular weight excluding hydrogens is 318 g/mol. The van der Waals surface area contributed by atoms with Crippen LogP contribution >= 0.6 is 0 Å². The van der Waals surface area contributed by atoms with Crippen LogP contribution < -0.4 is 0 Å². The van der Waals surface area contributed by atoms with Gasteiger partial charge in [0.25, 0.3) is 0 Å². The van der Waals surface area contributed by atoms with Gasteiger partial charge in [-0.2, -0.15) is 0 Å². The first-order valence-electron chi connectivity index (χ1n) is 8.70. The molecule has 5 rings (SSSR count). The van der Waals surface area contributed by atoms with E-state index in [9.17, 15) is 0 Å². The van der Waals surface area contributed by atoms with Gasteiger partial charge in [0, 0.05) is 5.69 Å². The number of nitrogens with zero attached hydrogens (tertiary/aromatic N) is 3. The summed E-state index contributed by atoms with van der Waals surface area (Å²) in [7, 11) is 0. The maximum absolute atomic E-state index is 4.92. The quantitative estimate of drug-likeness (QED) is 0.423. The molecule has 0 radical (unpaired) electrons. The van der Waals surface area contributed by atoms with Crippen molar-refractivity contribution in [3.63, 3.8) is 0 Å². The van der Waals surface area contributed by atoms with Crippen LogP contribution in [0.5, 0.6) is 0 Å². The molecule has 2 aromatic heterocycles. The normalized spacial score (nSPS) is 11.3. The van der Waals surface area contributed by atoms with Crippen LogP contribution in [0.4, 0.5) is 0 Å². The van der Waals surface area contributed by atoms with Gasteiger partial charge < -0.3 is 0 Å². The fourth-order valence-corrected chi connectivity index (χ4v) is 3.35. The Balaban J connectivity index is 1.88. The summed E-state index contributed by atoms with van der Waals surface area (Å²) >= 11 is 0. The lowest BCUT2D eigenvalue weighted by molar-refractivity contribution is 1.10. The van der Waals surface area contributed by atoms with E-state index < -0.39 is 0 Å². The van der Waals surface area contributed by atoms with E-state index >= 15 is 0 Å². The van der Waals surface area contributed by atoms with Crippen LogP contribution in [0, 0.1) is 6.92 Å². The summed E-state index contributed by atoms with van der Waals surface area (Å²) < 4.78 is 2.19. The molecular formula is C23H17N3. The topological polar surface area (TPSA) is 30.7 Å². The first-order chi connectivity index (χ1) is 12.8. The Morgan fingerprint density at radius 2 is 1.31 bits per heavy atom. The Bertz CT molecular complexity index is 1220. The molecule has 0 saturated carbocycles. The number of aryl methyl sites for hydroxylation is 1. The molecule has 0 atom stereocenters. The van der Waals surface area contributed by atoms with Crippen molar-refractivity contribution in [3.8, 4) is 16.9 Å². The van der Waals surface area contributed by atoms with Crippen molar-refractivity contribution in [1.82, 2.24) is 14.5 Å². The summed E-state index contributed by atoms with van der Waals surface area (Å²) in [4.78, 5) is 9.76. The maximum Gasteiger partial charge on any atom is 0.164 e. The highest BCUT2D eigenvalue weighted by Gasteiger charge is 2.15. The lowest BCUT2D eigenvalue weighted by Gasteiger charge is -2.11. The van der Waals surface area contributed by atoms with E-state index in [0.29, 0.717) is 0 Å². The van der Waals surface area contributed by atoms with Crippen molar-refractivity contribution in [1.29, 1.82) is 0 Å². The van der Waals surface area contributed by atoms with E-state index in [1.807, 2.05) is 30.3 Å². The molecule has 0 aliphatic heterocycles. The average Bonchev–Trinajstić information content (AvgIpc) is 3.05. The minimum atomic E-state index is 0.880. The number of fused-ring (bicyclic) bond motifs is 2. The van der Waals surface area contributed by atoms with Crippen LogP contribution in [0.2, 0.25) is 0 Å². The summed E-state index contributed by atoms with van der Waals surface area (Å²) in [5, 5.41) is 0. The van der Waals surface area contributed by atoms with E-state index in [1.54, 1.807) is 0 Å². The molecule has 3 nitrogen and oxygen atoms in total. The van der Waals surface area contributed by atoms with Crippen molar-refractivity contribution in [2.75, 3.05) is 0 Å². The van der Waals surface area contributed by atoms with E-state index in [4.69, 9.17) is 9.97 Å². The van der Waals surface area contributed by atoms with Crippen molar-refractivity contribution >= 4 is 22.2 Å². The first kappa shape index (κ1) is 14.8. The molecule has 0 saturated heterocycles. The van der Waals surface area contributed by atoms with Crippen molar-refractivity contribution < 1.29 is 0 Å². The Hall–Kier alpha value is -3.46. The molecule has 3 heteroatoms. The fraction of sp³-hybridized carbons (Fsp3) is 0.0435. The molecule has 0 fully saturated rings. The molecule has 124 valence electrons. The van der Waals surface area contributed by atoms with Gasteiger partial charge in [-0.05, 0) is 42.8 Å². The van der Waals surface area contributed by atoms with E-state index in [2.05, 4.69) is 66.1 Å². The highest BCUT2D eigenvalue weighted by atomic mass is 15.1. The smallest absolute Gasteiger partial charge is 0.164 e. The van der Waals surface area contributed by atoms with Gasteiger partial charge in [-0.3, -0.25) is 4.57 Å².